The number of benzene rings is 1. The van der Waals surface area contributed by atoms with Crippen LogP contribution < -0.4 is 9.47 Å². The first-order valence-electron chi connectivity index (χ1n) is 8.60. The summed E-state index contributed by atoms with van der Waals surface area (Å²) in [5, 5.41) is 0. The summed E-state index contributed by atoms with van der Waals surface area (Å²) in [5.41, 5.74) is 0.666. The third-order valence-electron chi connectivity index (χ3n) is 3.98. The number of nitrogens with zero attached hydrogens (tertiary/aromatic N) is 3. The molecule has 2 heterocycles. The van der Waals surface area contributed by atoms with E-state index in [2.05, 4.69) is 9.97 Å². The molecule has 0 radical (unpaired) electrons. The van der Waals surface area contributed by atoms with E-state index in [1.807, 2.05) is 43.0 Å². The molecule has 1 aliphatic heterocycles. The molecule has 1 atom stereocenters. The molecule has 2 aromatic rings. The Morgan fingerprint density at radius 3 is 2.72 bits per heavy atom. The third-order valence-corrected chi connectivity index (χ3v) is 3.98. The second-order valence-electron chi connectivity index (χ2n) is 6.37. The number of ether oxygens (including phenoxy) is 2. The Morgan fingerprint density at radius 2 is 2.04 bits per heavy atom. The van der Waals surface area contributed by atoms with Gasteiger partial charge in [0, 0.05) is 24.4 Å². The van der Waals surface area contributed by atoms with Gasteiger partial charge in [0.2, 0.25) is 5.88 Å². The highest BCUT2D eigenvalue weighted by Crippen LogP contribution is 2.20. The maximum absolute atomic E-state index is 12.7. The van der Waals surface area contributed by atoms with Gasteiger partial charge in [-0.2, -0.15) is 0 Å². The number of likely N-dealkylation sites (tertiary alicyclic amines) is 1. The Morgan fingerprint density at radius 1 is 1.24 bits per heavy atom. The van der Waals surface area contributed by atoms with Crippen LogP contribution in [-0.2, 0) is 0 Å². The third kappa shape index (κ3) is 4.68. The summed E-state index contributed by atoms with van der Waals surface area (Å²) in [4.78, 5) is 22.5. The molecule has 0 aliphatic carbocycles. The Kier molecular flexibility index (Phi) is 5.48. The fourth-order valence-corrected chi connectivity index (χ4v) is 2.87. The molecule has 1 saturated heterocycles. The summed E-state index contributed by atoms with van der Waals surface area (Å²) >= 11 is 0. The number of carbonyl (C=O) groups excluding carboxylic acids is 1. The van der Waals surface area contributed by atoms with E-state index in [-0.39, 0.29) is 18.1 Å². The summed E-state index contributed by atoms with van der Waals surface area (Å²) < 4.78 is 11.5. The number of hydrogen-bond acceptors (Lipinski definition) is 5. The molecule has 1 amide bonds. The molecule has 1 aliphatic rings. The lowest BCUT2D eigenvalue weighted by Crippen LogP contribution is -2.44. The van der Waals surface area contributed by atoms with Crippen molar-refractivity contribution in [2.75, 3.05) is 13.1 Å². The van der Waals surface area contributed by atoms with E-state index in [4.69, 9.17) is 9.47 Å². The Bertz CT molecular complexity index is 689. The van der Waals surface area contributed by atoms with E-state index in [1.165, 1.54) is 6.33 Å². The number of carbonyl (C=O) groups is 1. The van der Waals surface area contributed by atoms with Gasteiger partial charge in [0.25, 0.3) is 5.91 Å². The summed E-state index contributed by atoms with van der Waals surface area (Å²) in [5.74, 6) is 1.34. The molecule has 1 aromatic heterocycles. The number of rotatable bonds is 5. The second kappa shape index (κ2) is 7.96. The van der Waals surface area contributed by atoms with Crippen LogP contribution in [0.15, 0.2) is 42.9 Å². The molecular weight excluding hydrogens is 318 g/mol. The van der Waals surface area contributed by atoms with Crippen LogP contribution >= 0.6 is 0 Å². The molecule has 25 heavy (non-hydrogen) atoms. The van der Waals surface area contributed by atoms with E-state index in [1.54, 1.807) is 12.3 Å². The molecule has 1 aromatic carbocycles. The predicted molar refractivity (Wildman–Crippen MR) is 93.8 cm³/mol. The predicted octanol–water partition coefficient (Wildman–Crippen LogP) is 2.95. The van der Waals surface area contributed by atoms with Crippen LogP contribution in [0.5, 0.6) is 11.6 Å². The zero-order valence-electron chi connectivity index (χ0n) is 14.6. The lowest BCUT2D eigenvalue weighted by Gasteiger charge is -2.32. The van der Waals surface area contributed by atoms with Crippen LogP contribution in [0.2, 0.25) is 0 Å². The first-order chi connectivity index (χ1) is 12.1. The Labute approximate surface area is 147 Å². The minimum absolute atomic E-state index is 0.0204. The largest absolute Gasteiger partial charge is 0.491 e. The lowest BCUT2D eigenvalue weighted by atomic mass is 10.1. The molecule has 0 saturated carbocycles. The molecule has 132 valence electrons. The Hall–Kier alpha value is -2.63. The molecule has 0 spiro atoms. The van der Waals surface area contributed by atoms with Gasteiger partial charge >= 0.3 is 0 Å². The van der Waals surface area contributed by atoms with Gasteiger partial charge in [-0.15, -0.1) is 0 Å². The topological polar surface area (TPSA) is 64.5 Å². The van der Waals surface area contributed by atoms with Crippen molar-refractivity contribution in [3.8, 4) is 11.6 Å². The van der Waals surface area contributed by atoms with Crippen molar-refractivity contribution in [1.29, 1.82) is 0 Å². The number of aromatic nitrogens is 2. The normalized spacial score (nSPS) is 17.4. The lowest BCUT2D eigenvalue weighted by molar-refractivity contribution is 0.0527. The van der Waals surface area contributed by atoms with Gasteiger partial charge in [0.05, 0.1) is 12.6 Å². The number of hydrogen-bond donors (Lipinski definition) is 0. The summed E-state index contributed by atoms with van der Waals surface area (Å²) in [6.45, 7) is 5.26. The smallest absolute Gasteiger partial charge is 0.253 e. The molecule has 6 nitrogen and oxygen atoms in total. The molecule has 0 bridgehead atoms. The van der Waals surface area contributed by atoms with Crippen molar-refractivity contribution in [1.82, 2.24) is 14.9 Å². The molecular formula is C19H23N3O3. The zero-order valence-corrected chi connectivity index (χ0v) is 14.6. The summed E-state index contributed by atoms with van der Waals surface area (Å²) in [6, 6.07) is 9.04. The van der Waals surface area contributed by atoms with Crippen molar-refractivity contribution in [3.63, 3.8) is 0 Å². The monoisotopic (exact) mass is 341 g/mol. The minimum Gasteiger partial charge on any atom is -0.491 e. The van der Waals surface area contributed by atoms with E-state index in [0.717, 1.165) is 25.1 Å². The molecule has 1 fully saturated rings. The first kappa shape index (κ1) is 17.2. The van der Waals surface area contributed by atoms with Crippen molar-refractivity contribution >= 4 is 5.91 Å². The molecule has 6 heteroatoms. The van der Waals surface area contributed by atoms with E-state index in [9.17, 15) is 4.79 Å². The van der Waals surface area contributed by atoms with Gasteiger partial charge in [-0.05, 0) is 51.0 Å². The van der Waals surface area contributed by atoms with Crippen LogP contribution in [0, 0.1) is 0 Å². The van der Waals surface area contributed by atoms with Gasteiger partial charge in [0.15, 0.2) is 0 Å². The second-order valence-corrected chi connectivity index (χ2v) is 6.37. The van der Waals surface area contributed by atoms with Crippen LogP contribution in [0.25, 0.3) is 0 Å². The van der Waals surface area contributed by atoms with Crippen LogP contribution in [0.4, 0.5) is 0 Å². The van der Waals surface area contributed by atoms with Crippen LogP contribution in [0.3, 0.4) is 0 Å². The van der Waals surface area contributed by atoms with E-state index >= 15 is 0 Å². The van der Waals surface area contributed by atoms with Crippen molar-refractivity contribution in [2.24, 2.45) is 0 Å². The Balaban J connectivity index is 1.61. The van der Waals surface area contributed by atoms with Crippen molar-refractivity contribution in [2.45, 2.75) is 38.9 Å². The van der Waals surface area contributed by atoms with Gasteiger partial charge in [-0.3, -0.25) is 4.79 Å². The molecule has 0 N–H and O–H groups in total. The van der Waals surface area contributed by atoms with Gasteiger partial charge < -0.3 is 14.4 Å². The van der Waals surface area contributed by atoms with Crippen molar-refractivity contribution < 1.29 is 14.3 Å². The average Bonchev–Trinajstić information content (AvgIpc) is 2.62. The quantitative estimate of drug-likeness (QED) is 0.836. The maximum Gasteiger partial charge on any atom is 0.253 e. The minimum atomic E-state index is -0.0452. The SMILES string of the molecule is CC(C)Oc1ccc(C(=O)N2CCCC(Oc3ccncn3)C2)cc1. The maximum atomic E-state index is 12.7. The molecule has 1 unspecified atom stereocenters. The fourth-order valence-electron chi connectivity index (χ4n) is 2.87. The van der Waals surface area contributed by atoms with Gasteiger partial charge in [-0.25, -0.2) is 9.97 Å². The highest BCUT2D eigenvalue weighted by Gasteiger charge is 2.26. The highest BCUT2D eigenvalue weighted by molar-refractivity contribution is 5.94. The van der Waals surface area contributed by atoms with E-state index in [0.29, 0.717) is 18.0 Å². The summed E-state index contributed by atoms with van der Waals surface area (Å²) in [7, 11) is 0. The standard InChI is InChI=1S/C19H23N3O3/c1-14(2)24-16-7-5-15(6-8-16)19(23)22-11-3-4-17(12-22)25-18-9-10-20-13-21-18/h5-10,13-14,17H,3-4,11-12H2,1-2H3. The number of amides is 1. The number of piperidine rings is 1. The van der Waals surface area contributed by atoms with Crippen LogP contribution in [0.1, 0.15) is 37.0 Å². The summed E-state index contributed by atoms with van der Waals surface area (Å²) in [6.07, 6.45) is 5.00. The van der Waals surface area contributed by atoms with Crippen molar-refractivity contribution in [3.05, 3.63) is 48.4 Å². The molecule has 3 rings (SSSR count). The zero-order chi connectivity index (χ0) is 17.6. The van der Waals surface area contributed by atoms with E-state index < -0.39 is 0 Å². The highest BCUT2D eigenvalue weighted by atomic mass is 16.5. The van der Waals surface area contributed by atoms with Crippen LogP contribution in [-0.4, -0.2) is 46.1 Å². The first-order valence-corrected chi connectivity index (χ1v) is 8.60. The fraction of sp³-hybridized carbons (Fsp3) is 0.421. The van der Waals surface area contributed by atoms with Gasteiger partial charge in [-0.1, -0.05) is 0 Å². The van der Waals surface area contributed by atoms with Gasteiger partial charge in [0.1, 0.15) is 18.2 Å². The average molecular weight is 341 g/mol.